The molecule has 0 spiro atoms. The molecule has 182 valence electrons. The van der Waals surface area contributed by atoms with Crippen molar-refractivity contribution in [1.29, 1.82) is 10.5 Å². The maximum atomic E-state index is 11.6. The SMILES string of the molecule is N#Cc1ccc(-c2cc(CC(=O)O)c(-c3ccc(-c4sc(-c5ccc(C#N)s5)cc4CC(=O)O)s3)s2)s1. The number of carboxylic acids is 2. The second kappa shape index (κ2) is 10.4. The van der Waals surface area contributed by atoms with E-state index in [4.69, 9.17) is 10.5 Å². The van der Waals surface area contributed by atoms with E-state index in [0.29, 0.717) is 20.9 Å². The molecule has 0 amide bonds. The lowest BCUT2D eigenvalue weighted by molar-refractivity contribution is -0.137. The van der Waals surface area contributed by atoms with Gasteiger partial charge in [-0.1, -0.05) is 0 Å². The molecular weight excluding hydrogens is 565 g/mol. The third-order valence-corrected chi connectivity index (χ3v) is 11.4. The topological polar surface area (TPSA) is 122 Å². The van der Waals surface area contributed by atoms with Gasteiger partial charge in [0.05, 0.1) is 12.8 Å². The highest BCUT2D eigenvalue weighted by molar-refractivity contribution is 7.30. The summed E-state index contributed by atoms with van der Waals surface area (Å²) in [5, 5.41) is 37.3. The molecule has 2 N–H and O–H groups in total. The quantitative estimate of drug-likeness (QED) is 0.195. The van der Waals surface area contributed by atoms with E-state index in [-0.39, 0.29) is 12.8 Å². The fourth-order valence-corrected chi connectivity index (χ4v) is 9.17. The van der Waals surface area contributed by atoms with Crippen LogP contribution in [-0.4, -0.2) is 22.2 Å². The van der Waals surface area contributed by atoms with E-state index in [1.807, 2.05) is 36.4 Å². The average molecular weight is 579 g/mol. The molecule has 0 aromatic carbocycles. The minimum Gasteiger partial charge on any atom is -0.481 e. The van der Waals surface area contributed by atoms with Crippen LogP contribution in [0.5, 0.6) is 0 Å². The standard InChI is InChI=1S/C26H14N2O4S5/c27-11-15-1-3-17(33-15)21-7-13(9-23(29)30)25(36-21)19-5-6-20(35-19)26-14(10-24(31)32)8-22(37-26)18-4-2-16(12-28)34-18/h1-8H,9-10H2,(H,29,30)(H,31,32). The van der Waals surface area contributed by atoms with Crippen molar-refractivity contribution in [3.8, 4) is 51.2 Å². The first kappa shape index (κ1) is 25.1. The van der Waals surface area contributed by atoms with Crippen molar-refractivity contribution in [2.45, 2.75) is 12.8 Å². The number of carboxylic acid groups (broad SMARTS) is 2. The largest absolute Gasteiger partial charge is 0.481 e. The Kier molecular flexibility index (Phi) is 7.07. The number of nitrogens with zero attached hydrogens (tertiary/aromatic N) is 2. The van der Waals surface area contributed by atoms with Crippen molar-refractivity contribution in [2.24, 2.45) is 0 Å². The molecule has 5 aromatic heterocycles. The Morgan fingerprint density at radius 1 is 0.595 bits per heavy atom. The summed E-state index contributed by atoms with van der Waals surface area (Å²) in [4.78, 5) is 31.5. The highest BCUT2D eigenvalue weighted by Crippen LogP contribution is 2.47. The minimum atomic E-state index is -0.925. The van der Waals surface area contributed by atoms with Crippen LogP contribution in [0.2, 0.25) is 0 Å². The Balaban J connectivity index is 1.56. The summed E-state index contributed by atoms with van der Waals surface area (Å²) >= 11 is 7.21. The van der Waals surface area contributed by atoms with Crippen LogP contribution in [0.1, 0.15) is 20.9 Å². The molecule has 5 heterocycles. The van der Waals surface area contributed by atoms with Crippen LogP contribution < -0.4 is 0 Å². The predicted octanol–water partition coefficient (Wildman–Crippen LogP) is 7.66. The molecule has 11 heteroatoms. The van der Waals surface area contributed by atoms with Crippen molar-refractivity contribution in [3.63, 3.8) is 0 Å². The van der Waals surface area contributed by atoms with E-state index in [2.05, 4.69) is 12.1 Å². The van der Waals surface area contributed by atoms with E-state index in [1.165, 1.54) is 56.7 Å². The van der Waals surface area contributed by atoms with Gasteiger partial charge < -0.3 is 10.2 Å². The lowest BCUT2D eigenvalue weighted by Crippen LogP contribution is -1.99. The first-order valence-corrected chi connectivity index (χ1v) is 14.7. The van der Waals surface area contributed by atoms with Crippen LogP contribution in [0.15, 0.2) is 48.5 Å². The molecule has 0 aliphatic rings. The van der Waals surface area contributed by atoms with Gasteiger partial charge in [-0.05, 0) is 59.7 Å². The molecule has 5 aromatic rings. The summed E-state index contributed by atoms with van der Waals surface area (Å²) in [5.74, 6) is -1.85. The van der Waals surface area contributed by atoms with Gasteiger partial charge in [0.1, 0.15) is 21.9 Å². The molecule has 0 fully saturated rings. The van der Waals surface area contributed by atoms with Crippen molar-refractivity contribution >= 4 is 68.6 Å². The Hall–Kier alpha value is -3.58. The van der Waals surface area contributed by atoms with Gasteiger partial charge in [0.2, 0.25) is 0 Å². The van der Waals surface area contributed by atoms with Gasteiger partial charge in [0, 0.05) is 39.0 Å². The summed E-state index contributed by atoms with van der Waals surface area (Å²) in [6.45, 7) is 0. The predicted molar refractivity (Wildman–Crippen MR) is 150 cm³/mol. The molecule has 0 saturated carbocycles. The molecule has 0 aliphatic carbocycles. The van der Waals surface area contributed by atoms with E-state index in [9.17, 15) is 19.8 Å². The van der Waals surface area contributed by atoms with Crippen LogP contribution in [-0.2, 0) is 22.4 Å². The molecule has 5 rings (SSSR count). The molecular formula is C26H14N2O4S5. The van der Waals surface area contributed by atoms with Crippen LogP contribution in [0, 0.1) is 22.7 Å². The fraction of sp³-hybridized carbons (Fsp3) is 0.0769. The number of hydrogen-bond donors (Lipinski definition) is 2. The number of thiophene rings is 5. The maximum absolute atomic E-state index is 11.6. The van der Waals surface area contributed by atoms with Gasteiger partial charge in [0.15, 0.2) is 0 Å². The Morgan fingerprint density at radius 3 is 1.35 bits per heavy atom. The Bertz CT molecular complexity index is 1610. The van der Waals surface area contributed by atoms with E-state index >= 15 is 0 Å². The molecule has 0 aliphatic heterocycles. The van der Waals surface area contributed by atoms with Gasteiger partial charge in [-0.15, -0.1) is 56.7 Å². The second-order valence-electron chi connectivity index (χ2n) is 7.79. The zero-order chi connectivity index (χ0) is 26.1. The van der Waals surface area contributed by atoms with Gasteiger partial charge >= 0.3 is 11.9 Å². The zero-order valence-electron chi connectivity index (χ0n) is 18.7. The normalized spacial score (nSPS) is 10.8. The molecule has 0 atom stereocenters. The molecule has 6 nitrogen and oxygen atoms in total. The van der Waals surface area contributed by atoms with Gasteiger partial charge in [-0.25, -0.2) is 0 Å². The first-order chi connectivity index (χ1) is 17.8. The van der Waals surface area contributed by atoms with Crippen LogP contribution >= 0.6 is 56.7 Å². The molecule has 0 radical (unpaired) electrons. The zero-order valence-corrected chi connectivity index (χ0v) is 22.8. The van der Waals surface area contributed by atoms with Gasteiger partial charge in [-0.3, -0.25) is 9.59 Å². The third-order valence-electron chi connectivity index (χ3n) is 5.27. The summed E-state index contributed by atoms with van der Waals surface area (Å²) < 4.78 is 0. The van der Waals surface area contributed by atoms with Crippen LogP contribution in [0.25, 0.3) is 39.0 Å². The molecule has 0 unspecified atom stereocenters. The van der Waals surface area contributed by atoms with E-state index in [0.717, 1.165) is 39.0 Å². The molecule has 37 heavy (non-hydrogen) atoms. The number of nitriles is 2. The van der Waals surface area contributed by atoms with E-state index in [1.54, 1.807) is 12.1 Å². The van der Waals surface area contributed by atoms with Crippen molar-refractivity contribution in [2.75, 3.05) is 0 Å². The summed E-state index contributed by atoms with van der Waals surface area (Å²) in [6, 6.07) is 19.2. The number of carbonyl (C=O) groups is 2. The van der Waals surface area contributed by atoms with Crippen molar-refractivity contribution in [3.05, 3.63) is 69.4 Å². The Morgan fingerprint density at radius 2 is 1.00 bits per heavy atom. The third kappa shape index (κ3) is 5.27. The minimum absolute atomic E-state index is 0.122. The summed E-state index contributed by atoms with van der Waals surface area (Å²) in [5.41, 5.74) is 1.40. The molecule has 0 bridgehead atoms. The summed E-state index contributed by atoms with van der Waals surface area (Å²) in [7, 11) is 0. The fourth-order valence-electron chi connectivity index (χ4n) is 3.75. The Labute approximate surface area is 231 Å². The summed E-state index contributed by atoms with van der Waals surface area (Å²) in [6.07, 6.45) is -0.245. The molecule has 0 saturated heterocycles. The van der Waals surface area contributed by atoms with Gasteiger partial charge in [-0.2, -0.15) is 10.5 Å². The van der Waals surface area contributed by atoms with Gasteiger partial charge in [0.25, 0.3) is 0 Å². The first-order valence-electron chi connectivity index (χ1n) is 10.6. The highest BCUT2D eigenvalue weighted by Gasteiger charge is 2.21. The van der Waals surface area contributed by atoms with Crippen molar-refractivity contribution in [1.82, 2.24) is 0 Å². The number of rotatable bonds is 8. The number of aliphatic carboxylic acids is 2. The maximum Gasteiger partial charge on any atom is 0.307 e. The smallest absolute Gasteiger partial charge is 0.307 e. The monoisotopic (exact) mass is 578 g/mol. The van der Waals surface area contributed by atoms with Crippen LogP contribution in [0.3, 0.4) is 0 Å². The van der Waals surface area contributed by atoms with Crippen molar-refractivity contribution < 1.29 is 19.8 Å². The lowest BCUT2D eigenvalue weighted by atomic mass is 10.1. The number of hydrogen-bond acceptors (Lipinski definition) is 9. The highest BCUT2D eigenvalue weighted by atomic mass is 32.1. The van der Waals surface area contributed by atoms with E-state index < -0.39 is 11.9 Å². The lowest BCUT2D eigenvalue weighted by Gasteiger charge is -1.99. The van der Waals surface area contributed by atoms with Crippen LogP contribution in [0.4, 0.5) is 0 Å². The average Bonchev–Trinajstić information content (AvgIpc) is 3.67. The second-order valence-corrected chi connectivity index (χ2v) is 13.1.